The van der Waals surface area contributed by atoms with Gasteiger partial charge in [0.25, 0.3) is 0 Å². The number of hydrogen-bond donors (Lipinski definition) is 0. The lowest BCUT2D eigenvalue weighted by molar-refractivity contribution is 0.102. The van der Waals surface area contributed by atoms with E-state index in [9.17, 15) is 4.79 Å². The van der Waals surface area contributed by atoms with Gasteiger partial charge in [0, 0.05) is 11.1 Å². The number of rotatable bonds is 6. The van der Waals surface area contributed by atoms with Crippen LogP contribution in [-0.4, -0.2) is 31.3 Å². The fraction of sp³-hybridized carbons (Fsp3) is 0.182. The Morgan fingerprint density at radius 3 is 2.43 bits per heavy atom. The second-order valence-electron chi connectivity index (χ2n) is 6.60. The Morgan fingerprint density at radius 1 is 0.964 bits per heavy atom. The van der Waals surface area contributed by atoms with Crippen molar-refractivity contribution in [2.45, 2.75) is 25.4 Å². The molecule has 6 heteroatoms. The number of thioether (sulfide) groups is 1. The Kier molecular flexibility index (Phi) is 5.21. The van der Waals surface area contributed by atoms with E-state index < -0.39 is 0 Å². The van der Waals surface area contributed by atoms with Crippen LogP contribution in [0.25, 0.3) is 16.9 Å². The van der Waals surface area contributed by atoms with Crippen LogP contribution in [0.15, 0.2) is 65.8 Å². The zero-order valence-electron chi connectivity index (χ0n) is 15.8. The first-order chi connectivity index (χ1) is 13.6. The highest BCUT2D eigenvalue weighted by atomic mass is 32.2. The van der Waals surface area contributed by atoms with E-state index in [2.05, 4.69) is 46.5 Å². The Balaban J connectivity index is 1.55. The summed E-state index contributed by atoms with van der Waals surface area (Å²) in [4.78, 5) is 12.4. The van der Waals surface area contributed by atoms with Crippen molar-refractivity contribution in [3.05, 3.63) is 77.4 Å². The molecule has 0 aliphatic carbocycles. The summed E-state index contributed by atoms with van der Waals surface area (Å²) >= 11 is 1.35. The third-order valence-electron chi connectivity index (χ3n) is 4.60. The van der Waals surface area contributed by atoms with Gasteiger partial charge in [-0.2, -0.15) is 9.61 Å². The van der Waals surface area contributed by atoms with E-state index in [1.807, 2.05) is 43.3 Å². The van der Waals surface area contributed by atoms with Gasteiger partial charge in [-0.15, -0.1) is 10.2 Å². The minimum absolute atomic E-state index is 0.0630. The molecule has 0 spiro atoms. The molecule has 0 fully saturated rings. The van der Waals surface area contributed by atoms with Crippen LogP contribution < -0.4 is 0 Å². The van der Waals surface area contributed by atoms with Gasteiger partial charge in [-0.1, -0.05) is 72.8 Å². The molecule has 0 unspecified atom stereocenters. The van der Waals surface area contributed by atoms with Crippen molar-refractivity contribution in [1.29, 1.82) is 0 Å². The topological polar surface area (TPSA) is 60.2 Å². The van der Waals surface area contributed by atoms with Gasteiger partial charge in [0.2, 0.25) is 5.16 Å². The number of aromatic nitrogens is 4. The summed E-state index contributed by atoms with van der Waals surface area (Å²) in [5.74, 6) is 0.356. The number of carbonyl (C=O) groups excluding carboxylic acids is 1. The van der Waals surface area contributed by atoms with Crippen LogP contribution in [0, 0.1) is 6.92 Å². The summed E-state index contributed by atoms with van der Waals surface area (Å²) in [5.41, 5.74) is 5.69. The number of nitrogens with zero attached hydrogens (tertiary/aromatic N) is 4. The molecule has 140 valence electrons. The van der Waals surface area contributed by atoms with E-state index >= 15 is 0 Å². The molecule has 0 saturated carbocycles. The SMILES string of the molecule is CCc1ccc(-c2ccc3nnc(SCC(=O)c4ccc(C)cc4)n3n2)cc1. The molecule has 0 saturated heterocycles. The summed E-state index contributed by atoms with van der Waals surface area (Å²) in [6.45, 7) is 4.14. The first kappa shape index (κ1) is 18.4. The Hall–Kier alpha value is -2.99. The molecule has 0 bridgehead atoms. The molecule has 0 N–H and O–H groups in total. The van der Waals surface area contributed by atoms with Gasteiger partial charge < -0.3 is 0 Å². The van der Waals surface area contributed by atoms with Gasteiger partial charge >= 0.3 is 0 Å². The van der Waals surface area contributed by atoms with Crippen molar-refractivity contribution in [3.8, 4) is 11.3 Å². The number of fused-ring (bicyclic) bond motifs is 1. The van der Waals surface area contributed by atoms with Crippen molar-refractivity contribution < 1.29 is 4.79 Å². The first-order valence-electron chi connectivity index (χ1n) is 9.18. The molecular formula is C22H20N4OS. The van der Waals surface area contributed by atoms with Crippen LogP contribution in [0.5, 0.6) is 0 Å². The summed E-state index contributed by atoms with van der Waals surface area (Å²) in [7, 11) is 0. The molecule has 0 radical (unpaired) electrons. The highest BCUT2D eigenvalue weighted by Gasteiger charge is 2.13. The van der Waals surface area contributed by atoms with Gasteiger partial charge in [-0.05, 0) is 31.0 Å². The molecule has 2 aromatic heterocycles. The molecule has 0 aliphatic heterocycles. The minimum Gasteiger partial charge on any atom is -0.293 e. The van der Waals surface area contributed by atoms with Crippen LogP contribution in [0.4, 0.5) is 0 Å². The highest BCUT2D eigenvalue weighted by Crippen LogP contribution is 2.22. The molecule has 2 aromatic carbocycles. The van der Waals surface area contributed by atoms with Gasteiger partial charge in [0.1, 0.15) is 0 Å². The van der Waals surface area contributed by atoms with Crippen molar-refractivity contribution in [3.63, 3.8) is 0 Å². The van der Waals surface area contributed by atoms with Crippen molar-refractivity contribution in [2.24, 2.45) is 0 Å². The Morgan fingerprint density at radius 2 is 1.71 bits per heavy atom. The van der Waals surface area contributed by atoms with Crippen LogP contribution in [-0.2, 0) is 6.42 Å². The third kappa shape index (κ3) is 3.82. The molecule has 4 rings (SSSR count). The molecule has 2 heterocycles. The van der Waals surface area contributed by atoms with Crippen molar-refractivity contribution in [2.75, 3.05) is 5.75 Å². The quantitative estimate of drug-likeness (QED) is 0.356. The lowest BCUT2D eigenvalue weighted by atomic mass is 10.1. The molecule has 0 aliphatic rings. The van der Waals surface area contributed by atoms with E-state index in [0.29, 0.717) is 22.1 Å². The standard InChI is InChI=1S/C22H20N4OS/c1-3-16-6-10-17(11-7-16)19-12-13-21-23-24-22(26(21)25-19)28-14-20(27)18-8-4-15(2)5-9-18/h4-13H,3,14H2,1-2H3. The van der Waals surface area contributed by atoms with E-state index in [4.69, 9.17) is 0 Å². The van der Waals surface area contributed by atoms with Crippen LogP contribution in [0.2, 0.25) is 0 Å². The van der Waals surface area contributed by atoms with Gasteiger partial charge in [-0.25, -0.2) is 0 Å². The second kappa shape index (κ2) is 7.94. The van der Waals surface area contributed by atoms with Crippen LogP contribution >= 0.6 is 11.8 Å². The maximum absolute atomic E-state index is 12.4. The summed E-state index contributed by atoms with van der Waals surface area (Å²) < 4.78 is 1.70. The summed E-state index contributed by atoms with van der Waals surface area (Å²) in [5, 5.41) is 13.7. The monoisotopic (exact) mass is 388 g/mol. The summed E-state index contributed by atoms with van der Waals surface area (Å²) in [6.07, 6.45) is 1.01. The van der Waals surface area contributed by atoms with Gasteiger partial charge in [0.15, 0.2) is 11.4 Å². The zero-order chi connectivity index (χ0) is 19.5. The van der Waals surface area contributed by atoms with Crippen LogP contribution in [0.1, 0.15) is 28.4 Å². The maximum Gasteiger partial charge on any atom is 0.212 e. The van der Waals surface area contributed by atoms with Crippen LogP contribution in [0.3, 0.4) is 0 Å². The first-order valence-corrected chi connectivity index (χ1v) is 10.2. The molecular weight excluding hydrogens is 368 g/mol. The number of hydrogen-bond acceptors (Lipinski definition) is 5. The van der Waals surface area contributed by atoms with Crippen molar-refractivity contribution in [1.82, 2.24) is 19.8 Å². The molecule has 0 atom stereocenters. The molecule has 0 amide bonds. The number of Topliss-reactive ketones (excluding diaryl/α,β-unsaturated/α-hetero) is 1. The normalized spacial score (nSPS) is 11.1. The molecule has 5 nitrogen and oxygen atoms in total. The average Bonchev–Trinajstić information content (AvgIpc) is 3.15. The van der Waals surface area contributed by atoms with E-state index in [1.165, 1.54) is 17.3 Å². The number of ketones is 1. The largest absolute Gasteiger partial charge is 0.293 e. The average molecular weight is 388 g/mol. The van der Waals surface area contributed by atoms with E-state index in [-0.39, 0.29) is 5.78 Å². The number of carbonyl (C=O) groups is 1. The second-order valence-corrected chi connectivity index (χ2v) is 7.54. The predicted octanol–water partition coefficient (Wildman–Crippen LogP) is 4.64. The summed E-state index contributed by atoms with van der Waals surface area (Å²) in [6, 6.07) is 19.8. The Labute approximate surface area is 167 Å². The minimum atomic E-state index is 0.0630. The van der Waals surface area contributed by atoms with Gasteiger partial charge in [0.05, 0.1) is 11.4 Å². The highest BCUT2D eigenvalue weighted by molar-refractivity contribution is 7.99. The third-order valence-corrected chi connectivity index (χ3v) is 5.52. The van der Waals surface area contributed by atoms with Crippen molar-refractivity contribution >= 4 is 23.2 Å². The van der Waals surface area contributed by atoms with E-state index in [1.54, 1.807) is 4.52 Å². The van der Waals surface area contributed by atoms with Gasteiger partial charge in [-0.3, -0.25) is 4.79 Å². The fourth-order valence-electron chi connectivity index (χ4n) is 2.88. The lowest BCUT2D eigenvalue weighted by Gasteiger charge is -2.04. The number of aryl methyl sites for hydroxylation is 2. The van der Waals surface area contributed by atoms with E-state index in [0.717, 1.165) is 23.2 Å². The molecule has 28 heavy (non-hydrogen) atoms. The zero-order valence-corrected chi connectivity index (χ0v) is 16.6. The lowest BCUT2D eigenvalue weighted by Crippen LogP contribution is -2.04. The Bertz CT molecular complexity index is 1120. The maximum atomic E-state index is 12.4. The smallest absolute Gasteiger partial charge is 0.212 e. The predicted molar refractivity (Wildman–Crippen MR) is 112 cm³/mol. The fourth-order valence-corrected chi connectivity index (χ4v) is 3.66. The number of benzene rings is 2. The molecule has 4 aromatic rings.